The molecule has 1 amide bonds. The second-order valence-corrected chi connectivity index (χ2v) is 4.80. The molecule has 0 atom stereocenters. The van der Waals surface area contributed by atoms with Gasteiger partial charge in [-0.25, -0.2) is 0 Å². The highest BCUT2D eigenvalue weighted by atomic mass is 16.1. The van der Waals surface area contributed by atoms with E-state index in [-0.39, 0.29) is 5.91 Å². The van der Waals surface area contributed by atoms with Crippen LogP contribution in [0.5, 0.6) is 0 Å². The molecule has 15 heavy (non-hydrogen) atoms. The number of rotatable bonds is 4. The summed E-state index contributed by atoms with van der Waals surface area (Å²) < 4.78 is 0. The van der Waals surface area contributed by atoms with E-state index in [0.717, 1.165) is 5.57 Å². The highest BCUT2D eigenvalue weighted by Crippen LogP contribution is 2.25. The summed E-state index contributed by atoms with van der Waals surface area (Å²) in [5.74, 6) is 0.822. The molecule has 0 heterocycles. The number of carbonyl (C=O) groups excluding carboxylic acids is 1. The first-order chi connectivity index (χ1) is 7.18. The minimum absolute atomic E-state index is 0.199. The number of amides is 1. The molecule has 0 aromatic rings. The lowest BCUT2D eigenvalue weighted by molar-refractivity contribution is -0.121. The third-order valence-corrected chi connectivity index (χ3v) is 3.04. The normalized spacial score (nSPS) is 18.2. The number of carbonyl (C=O) groups is 1. The molecule has 1 saturated carbocycles. The molecule has 86 valence electrons. The first kappa shape index (κ1) is 12.3. The van der Waals surface area contributed by atoms with Crippen LogP contribution in [0.4, 0.5) is 0 Å². The molecule has 1 aliphatic carbocycles. The van der Waals surface area contributed by atoms with E-state index in [4.69, 9.17) is 0 Å². The van der Waals surface area contributed by atoms with Crippen LogP contribution in [0.3, 0.4) is 0 Å². The van der Waals surface area contributed by atoms with Crippen molar-refractivity contribution in [2.24, 2.45) is 5.92 Å². The van der Waals surface area contributed by atoms with Gasteiger partial charge in [0.05, 0.1) is 0 Å². The molecule has 0 aromatic heterocycles. The second kappa shape index (κ2) is 6.65. The van der Waals surface area contributed by atoms with E-state index >= 15 is 0 Å². The van der Waals surface area contributed by atoms with Crippen molar-refractivity contribution in [3.8, 4) is 0 Å². The molecule has 2 heteroatoms. The largest absolute Gasteiger partial charge is 0.352 e. The summed E-state index contributed by atoms with van der Waals surface area (Å²) in [6.45, 7) is 6.34. The first-order valence-corrected chi connectivity index (χ1v) is 6.09. The predicted molar refractivity (Wildman–Crippen MR) is 63.6 cm³/mol. The van der Waals surface area contributed by atoms with E-state index in [1.807, 2.05) is 6.92 Å². The number of hydrogen-bond acceptors (Lipinski definition) is 1. The van der Waals surface area contributed by atoms with Crippen molar-refractivity contribution in [2.75, 3.05) is 6.54 Å². The number of hydrogen-bond donors (Lipinski definition) is 1. The highest BCUT2D eigenvalue weighted by Gasteiger charge is 2.15. The predicted octanol–water partition coefficient (Wildman–Crippen LogP) is 3.04. The molecule has 0 radical (unpaired) electrons. The molecule has 1 aliphatic rings. The molecule has 1 rings (SSSR count). The Morgan fingerprint density at radius 1 is 1.27 bits per heavy atom. The molecule has 0 saturated heterocycles. The van der Waals surface area contributed by atoms with Gasteiger partial charge in [0.15, 0.2) is 0 Å². The van der Waals surface area contributed by atoms with Crippen LogP contribution in [0.1, 0.15) is 51.9 Å². The summed E-state index contributed by atoms with van der Waals surface area (Å²) in [4.78, 5) is 11.6. The monoisotopic (exact) mass is 209 g/mol. The summed E-state index contributed by atoms with van der Waals surface area (Å²) in [7, 11) is 0. The maximum absolute atomic E-state index is 11.6. The van der Waals surface area contributed by atoms with E-state index in [1.165, 1.54) is 38.5 Å². The van der Waals surface area contributed by atoms with Gasteiger partial charge in [0, 0.05) is 13.0 Å². The molecular weight excluding hydrogens is 186 g/mol. The first-order valence-electron chi connectivity index (χ1n) is 6.09. The van der Waals surface area contributed by atoms with E-state index in [9.17, 15) is 4.79 Å². The van der Waals surface area contributed by atoms with E-state index < -0.39 is 0 Å². The Hall–Kier alpha value is -0.790. The van der Waals surface area contributed by atoms with Gasteiger partial charge >= 0.3 is 0 Å². The van der Waals surface area contributed by atoms with Crippen LogP contribution in [0.2, 0.25) is 0 Å². The van der Waals surface area contributed by atoms with Gasteiger partial charge in [-0.15, -0.1) is 0 Å². The summed E-state index contributed by atoms with van der Waals surface area (Å²) in [5, 5.41) is 2.91. The van der Waals surface area contributed by atoms with E-state index in [1.54, 1.807) is 0 Å². The van der Waals surface area contributed by atoms with Gasteiger partial charge in [-0.3, -0.25) is 4.79 Å². The van der Waals surface area contributed by atoms with Gasteiger partial charge in [0.1, 0.15) is 0 Å². The minimum atomic E-state index is 0.199. The van der Waals surface area contributed by atoms with Crippen LogP contribution >= 0.6 is 0 Å². The zero-order chi connectivity index (χ0) is 11.1. The van der Waals surface area contributed by atoms with Gasteiger partial charge in [0.25, 0.3) is 0 Å². The maximum atomic E-state index is 11.6. The molecular formula is C13H23NO. The summed E-state index contributed by atoms with van der Waals surface area (Å²) in [6.07, 6.45) is 8.50. The average Bonchev–Trinajstić information content (AvgIpc) is 2.43. The molecule has 2 nitrogen and oxygen atoms in total. The lowest BCUT2D eigenvalue weighted by Gasteiger charge is -2.13. The molecule has 0 unspecified atom stereocenters. The smallest absolute Gasteiger partial charge is 0.220 e. The lowest BCUT2D eigenvalue weighted by Crippen LogP contribution is -2.26. The van der Waals surface area contributed by atoms with Crippen molar-refractivity contribution in [3.63, 3.8) is 0 Å². The zero-order valence-electron chi connectivity index (χ0n) is 9.85. The van der Waals surface area contributed by atoms with Crippen LogP contribution in [0.15, 0.2) is 12.2 Å². The SMILES string of the molecule is C=C(C)CNC(=O)CC1CCCCCC1. The van der Waals surface area contributed by atoms with Crippen LogP contribution in [-0.4, -0.2) is 12.5 Å². The Balaban J connectivity index is 2.20. The fourth-order valence-corrected chi connectivity index (χ4v) is 2.15. The fourth-order valence-electron chi connectivity index (χ4n) is 2.15. The average molecular weight is 209 g/mol. The van der Waals surface area contributed by atoms with Crippen molar-refractivity contribution in [2.45, 2.75) is 51.9 Å². The Labute approximate surface area is 93.1 Å². The maximum Gasteiger partial charge on any atom is 0.220 e. The third-order valence-electron chi connectivity index (χ3n) is 3.04. The number of nitrogens with one attached hydrogen (secondary N) is 1. The van der Waals surface area contributed by atoms with Crippen LogP contribution in [0.25, 0.3) is 0 Å². The van der Waals surface area contributed by atoms with E-state index in [2.05, 4.69) is 11.9 Å². The molecule has 1 N–H and O–H groups in total. The van der Waals surface area contributed by atoms with Gasteiger partial charge in [0.2, 0.25) is 5.91 Å². The lowest BCUT2D eigenvalue weighted by atomic mass is 9.96. The van der Waals surface area contributed by atoms with Crippen molar-refractivity contribution in [1.29, 1.82) is 0 Å². The molecule has 0 aromatic carbocycles. The Morgan fingerprint density at radius 2 is 1.87 bits per heavy atom. The standard InChI is InChI=1S/C13H23NO/c1-11(2)10-14-13(15)9-12-7-5-3-4-6-8-12/h12H,1,3-10H2,2H3,(H,14,15). The fraction of sp³-hybridized carbons (Fsp3) is 0.769. The Morgan fingerprint density at radius 3 is 2.40 bits per heavy atom. The minimum Gasteiger partial charge on any atom is -0.352 e. The van der Waals surface area contributed by atoms with Crippen molar-refractivity contribution in [3.05, 3.63) is 12.2 Å². The molecule has 0 bridgehead atoms. The van der Waals surface area contributed by atoms with Crippen LogP contribution in [-0.2, 0) is 4.79 Å². The Kier molecular flexibility index (Phi) is 5.44. The van der Waals surface area contributed by atoms with Crippen molar-refractivity contribution in [1.82, 2.24) is 5.32 Å². The van der Waals surface area contributed by atoms with Crippen LogP contribution < -0.4 is 5.32 Å². The zero-order valence-corrected chi connectivity index (χ0v) is 9.85. The van der Waals surface area contributed by atoms with Gasteiger partial charge in [-0.2, -0.15) is 0 Å². The van der Waals surface area contributed by atoms with Crippen molar-refractivity contribution >= 4 is 5.91 Å². The second-order valence-electron chi connectivity index (χ2n) is 4.80. The molecule has 0 spiro atoms. The third kappa shape index (κ3) is 5.60. The summed E-state index contributed by atoms with van der Waals surface area (Å²) in [5.41, 5.74) is 1.02. The molecule has 1 fully saturated rings. The van der Waals surface area contributed by atoms with E-state index in [0.29, 0.717) is 18.9 Å². The summed E-state index contributed by atoms with van der Waals surface area (Å²) >= 11 is 0. The van der Waals surface area contributed by atoms with Gasteiger partial charge in [-0.05, 0) is 25.7 Å². The Bertz CT molecular complexity index is 215. The van der Waals surface area contributed by atoms with Gasteiger partial charge in [-0.1, -0.05) is 37.8 Å². The quantitative estimate of drug-likeness (QED) is 0.559. The van der Waals surface area contributed by atoms with Crippen LogP contribution in [0, 0.1) is 5.92 Å². The van der Waals surface area contributed by atoms with Crippen molar-refractivity contribution < 1.29 is 4.79 Å². The van der Waals surface area contributed by atoms with Gasteiger partial charge < -0.3 is 5.32 Å². The molecule has 0 aliphatic heterocycles. The topological polar surface area (TPSA) is 29.1 Å². The highest BCUT2D eigenvalue weighted by molar-refractivity contribution is 5.76. The summed E-state index contributed by atoms with van der Waals surface area (Å²) in [6, 6.07) is 0.